The average Bonchev–Trinajstić information content (AvgIpc) is 2.66. The van der Waals surface area contributed by atoms with Gasteiger partial charge in [0.05, 0.1) is 6.61 Å². The van der Waals surface area contributed by atoms with E-state index in [0.717, 1.165) is 49.5 Å². The van der Waals surface area contributed by atoms with E-state index in [1.165, 1.54) is 5.56 Å². The van der Waals surface area contributed by atoms with E-state index in [0.29, 0.717) is 11.6 Å². The third-order valence-electron chi connectivity index (χ3n) is 5.03. The molecule has 1 fully saturated rings. The van der Waals surface area contributed by atoms with Gasteiger partial charge in [-0.2, -0.15) is 0 Å². The Labute approximate surface area is 166 Å². The van der Waals surface area contributed by atoms with Crippen LogP contribution >= 0.6 is 11.6 Å². The zero-order valence-corrected chi connectivity index (χ0v) is 16.8. The number of piperidine rings is 1. The predicted octanol–water partition coefficient (Wildman–Crippen LogP) is 4.90. The van der Waals surface area contributed by atoms with Gasteiger partial charge in [0.1, 0.15) is 5.75 Å². The number of nitrogens with one attached hydrogen (secondary N) is 1. The number of carbonyl (C=O) groups excluding carboxylic acids is 1. The van der Waals surface area contributed by atoms with Crippen LogP contribution in [0.25, 0.3) is 0 Å². The monoisotopic (exact) mass is 386 g/mol. The Morgan fingerprint density at radius 3 is 2.74 bits per heavy atom. The first kappa shape index (κ1) is 19.7. The molecule has 5 heteroatoms. The van der Waals surface area contributed by atoms with Crippen LogP contribution in [0.1, 0.15) is 30.9 Å². The summed E-state index contributed by atoms with van der Waals surface area (Å²) in [6, 6.07) is 13.8. The number of anilines is 1. The van der Waals surface area contributed by atoms with E-state index in [2.05, 4.69) is 22.3 Å². The number of hydrogen-bond donors (Lipinski definition) is 1. The van der Waals surface area contributed by atoms with Gasteiger partial charge in [0, 0.05) is 23.2 Å². The van der Waals surface area contributed by atoms with E-state index in [4.69, 9.17) is 16.3 Å². The summed E-state index contributed by atoms with van der Waals surface area (Å²) in [6.45, 7) is 7.38. The van der Waals surface area contributed by atoms with E-state index >= 15 is 0 Å². The Morgan fingerprint density at radius 2 is 2.00 bits per heavy atom. The summed E-state index contributed by atoms with van der Waals surface area (Å²) in [5, 5.41) is 3.69. The van der Waals surface area contributed by atoms with E-state index in [1.54, 1.807) is 0 Å². The van der Waals surface area contributed by atoms with Crippen LogP contribution in [0, 0.1) is 12.8 Å². The summed E-state index contributed by atoms with van der Waals surface area (Å²) in [5.74, 6) is 1.06. The Morgan fingerprint density at radius 1 is 1.22 bits per heavy atom. The molecular weight excluding hydrogens is 360 g/mol. The molecule has 0 unspecified atom stereocenters. The molecule has 1 saturated heterocycles. The van der Waals surface area contributed by atoms with Crippen LogP contribution in [0.15, 0.2) is 42.5 Å². The minimum Gasteiger partial charge on any atom is -0.494 e. The lowest BCUT2D eigenvalue weighted by Gasteiger charge is -2.31. The zero-order chi connectivity index (χ0) is 19.2. The maximum atomic E-state index is 12.6. The van der Waals surface area contributed by atoms with Crippen molar-refractivity contribution in [3.05, 3.63) is 58.6 Å². The van der Waals surface area contributed by atoms with Crippen LogP contribution in [0.4, 0.5) is 5.69 Å². The highest BCUT2D eigenvalue weighted by Gasteiger charge is 2.25. The van der Waals surface area contributed by atoms with E-state index < -0.39 is 0 Å². The Kier molecular flexibility index (Phi) is 6.75. The number of nitrogens with zero attached hydrogens (tertiary/aromatic N) is 1. The molecule has 0 aromatic heterocycles. The second-order valence-electron chi connectivity index (χ2n) is 7.08. The fraction of sp³-hybridized carbons (Fsp3) is 0.409. The molecule has 1 amide bonds. The molecule has 4 nitrogen and oxygen atoms in total. The molecule has 0 radical (unpaired) electrons. The van der Waals surface area contributed by atoms with Crippen molar-refractivity contribution in [3.63, 3.8) is 0 Å². The molecule has 2 aromatic carbocycles. The fourth-order valence-electron chi connectivity index (χ4n) is 3.48. The summed E-state index contributed by atoms with van der Waals surface area (Å²) in [4.78, 5) is 15.0. The van der Waals surface area contributed by atoms with E-state index in [9.17, 15) is 4.79 Å². The van der Waals surface area contributed by atoms with Crippen molar-refractivity contribution in [3.8, 4) is 5.75 Å². The lowest BCUT2D eigenvalue weighted by molar-refractivity contribution is -0.121. The molecule has 0 aliphatic carbocycles. The number of carbonyl (C=O) groups is 1. The minimum atomic E-state index is 0.0504. The SMILES string of the molecule is CCOc1cccc(CN2CCC(C(=O)Nc3cc(Cl)ccc3C)CC2)c1. The lowest BCUT2D eigenvalue weighted by atomic mass is 9.95. The number of likely N-dealkylation sites (tertiary alicyclic amines) is 1. The van der Waals surface area contributed by atoms with Gasteiger partial charge in [-0.3, -0.25) is 9.69 Å². The third kappa shape index (κ3) is 5.47. The Hall–Kier alpha value is -2.04. The normalized spacial score (nSPS) is 15.5. The summed E-state index contributed by atoms with van der Waals surface area (Å²) in [6.07, 6.45) is 1.74. The largest absolute Gasteiger partial charge is 0.494 e. The van der Waals surface area contributed by atoms with Crippen molar-refractivity contribution in [1.29, 1.82) is 0 Å². The van der Waals surface area contributed by atoms with Gasteiger partial charge in [0.15, 0.2) is 0 Å². The Balaban J connectivity index is 1.51. The quantitative estimate of drug-likeness (QED) is 0.767. The van der Waals surface area contributed by atoms with Crippen molar-refractivity contribution >= 4 is 23.2 Å². The summed E-state index contributed by atoms with van der Waals surface area (Å²) in [7, 11) is 0. The van der Waals surface area contributed by atoms with Crippen molar-refractivity contribution in [2.75, 3.05) is 25.0 Å². The number of ether oxygens (including phenoxy) is 1. The summed E-state index contributed by atoms with van der Waals surface area (Å²) in [5.41, 5.74) is 3.08. The number of halogens is 1. The molecule has 144 valence electrons. The zero-order valence-electron chi connectivity index (χ0n) is 16.0. The number of benzene rings is 2. The molecule has 27 heavy (non-hydrogen) atoms. The fourth-order valence-corrected chi connectivity index (χ4v) is 3.65. The topological polar surface area (TPSA) is 41.6 Å². The van der Waals surface area contributed by atoms with Gasteiger partial charge in [0.25, 0.3) is 0 Å². The van der Waals surface area contributed by atoms with Gasteiger partial charge >= 0.3 is 0 Å². The highest BCUT2D eigenvalue weighted by molar-refractivity contribution is 6.31. The van der Waals surface area contributed by atoms with E-state index in [1.807, 2.05) is 44.2 Å². The lowest BCUT2D eigenvalue weighted by Crippen LogP contribution is -2.37. The summed E-state index contributed by atoms with van der Waals surface area (Å²) < 4.78 is 5.58. The van der Waals surface area contributed by atoms with Gasteiger partial charge in [-0.1, -0.05) is 29.8 Å². The predicted molar refractivity (Wildman–Crippen MR) is 110 cm³/mol. The first-order chi connectivity index (χ1) is 13.0. The van der Waals surface area contributed by atoms with Crippen molar-refractivity contribution in [2.45, 2.75) is 33.2 Å². The molecule has 1 aliphatic heterocycles. The maximum Gasteiger partial charge on any atom is 0.227 e. The standard InChI is InChI=1S/C22H27ClN2O2/c1-3-27-20-6-4-5-17(13-20)15-25-11-9-18(10-12-25)22(26)24-21-14-19(23)8-7-16(21)2/h4-8,13-14,18H,3,9-12,15H2,1-2H3,(H,24,26). The molecule has 0 saturated carbocycles. The molecular formula is C22H27ClN2O2. The Bertz CT molecular complexity index is 786. The van der Waals surface area contributed by atoms with Crippen LogP contribution in [0.5, 0.6) is 5.75 Å². The number of hydrogen-bond acceptors (Lipinski definition) is 3. The van der Waals surface area contributed by atoms with Crippen LogP contribution in [-0.4, -0.2) is 30.5 Å². The molecule has 0 bridgehead atoms. The van der Waals surface area contributed by atoms with Crippen LogP contribution < -0.4 is 10.1 Å². The maximum absolute atomic E-state index is 12.6. The van der Waals surface area contributed by atoms with Crippen LogP contribution in [0.2, 0.25) is 5.02 Å². The first-order valence-corrected chi connectivity index (χ1v) is 9.94. The van der Waals surface area contributed by atoms with E-state index in [-0.39, 0.29) is 11.8 Å². The van der Waals surface area contributed by atoms with Gasteiger partial charge in [-0.15, -0.1) is 0 Å². The van der Waals surface area contributed by atoms with Crippen molar-refractivity contribution in [2.24, 2.45) is 5.92 Å². The molecule has 1 aliphatic rings. The molecule has 1 heterocycles. The second kappa shape index (κ2) is 9.25. The third-order valence-corrected chi connectivity index (χ3v) is 5.27. The van der Waals surface area contributed by atoms with Crippen molar-refractivity contribution in [1.82, 2.24) is 4.90 Å². The summed E-state index contributed by atoms with van der Waals surface area (Å²) >= 11 is 6.05. The smallest absolute Gasteiger partial charge is 0.227 e. The van der Waals surface area contributed by atoms with Crippen LogP contribution in [0.3, 0.4) is 0 Å². The number of aryl methyl sites for hydroxylation is 1. The van der Waals surface area contributed by atoms with Gasteiger partial charge in [0.2, 0.25) is 5.91 Å². The van der Waals surface area contributed by atoms with Gasteiger partial charge < -0.3 is 10.1 Å². The minimum absolute atomic E-state index is 0.0504. The molecule has 0 atom stereocenters. The first-order valence-electron chi connectivity index (χ1n) is 9.56. The highest BCUT2D eigenvalue weighted by atomic mass is 35.5. The molecule has 2 aromatic rings. The molecule has 1 N–H and O–H groups in total. The number of rotatable bonds is 6. The van der Waals surface area contributed by atoms with Gasteiger partial charge in [-0.25, -0.2) is 0 Å². The highest BCUT2D eigenvalue weighted by Crippen LogP contribution is 2.25. The number of amides is 1. The molecule has 3 rings (SSSR count). The van der Waals surface area contributed by atoms with Crippen LogP contribution in [-0.2, 0) is 11.3 Å². The van der Waals surface area contributed by atoms with Crippen molar-refractivity contribution < 1.29 is 9.53 Å². The molecule has 0 spiro atoms. The van der Waals surface area contributed by atoms with Gasteiger partial charge in [-0.05, 0) is 75.2 Å². The average molecular weight is 387 g/mol. The second-order valence-corrected chi connectivity index (χ2v) is 7.52.